The maximum Gasteiger partial charge on any atom is 0.340 e. The molecule has 0 spiro atoms. The molecule has 8 heteroatoms. The Kier molecular flexibility index (Phi) is 5.00. The van der Waals surface area contributed by atoms with Gasteiger partial charge in [-0.2, -0.15) is 9.57 Å². The van der Waals surface area contributed by atoms with Crippen molar-refractivity contribution in [3.05, 3.63) is 30.3 Å². The highest BCUT2D eigenvalue weighted by molar-refractivity contribution is 7.83. The second-order valence-electron chi connectivity index (χ2n) is 3.17. The summed E-state index contributed by atoms with van der Waals surface area (Å²) < 4.78 is 23.8. The average Bonchev–Trinajstić information content (AvgIpc) is 2.27. The van der Waals surface area contributed by atoms with Crippen LogP contribution in [0.5, 0.6) is 0 Å². The van der Waals surface area contributed by atoms with Crippen molar-refractivity contribution in [3.63, 3.8) is 0 Å². The topological polar surface area (TPSA) is 102 Å². The molecule has 1 atom stereocenters. The SMILES string of the molecule is N#CCN(CP(=O)(O)O)S(=O)c1ccccc1. The lowest BCUT2D eigenvalue weighted by Gasteiger charge is -2.18. The third-order valence-electron chi connectivity index (χ3n) is 1.77. The smallest absolute Gasteiger partial charge is 0.324 e. The Morgan fingerprint density at radius 1 is 1.35 bits per heavy atom. The van der Waals surface area contributed by atoms with E-state index in [4.69, 9.17) is 15.0 Å². The van der Waals surface area contributed by atoms with Gasteiger partial charge in [0.05, 0.1) is 17.5 Å². The summed E-state index contributed by atoms with van der Waals surface area (Å²) in [6, 6.07) is 9.93. The van der Waals surface area contributed by atoms with Crippen LogP contribution < -0.4 is 0 Å². The largest absolute Gasteiger partial charge is 0.340 e. The van der Waals surface area contributed by atoms with Gasteiger partial charge < -0.3 is 9.79 Å². The van der Waals surface area contributed by atoms with E-state index in [0.29, 0.717) is 4.90 Å². The molecule has 6 nitrogen and oxygen atoms in total. The van der Waals surface area contributed by atoms with Gasteiger partial charge >= 0.3 is 7.60 Å². The first-order valence-corrected chi connectivity index (χ1v) is 7.48. The van der Waals surface area contributed by atoms with Gasteiger partial charge in [0.2, 0.25) is 0 Å². The zero-order valence-electron chi connectivity index (χ0n) is 8.76. The summed E-state index contributed by atoms with van der Waals surface area (Å²) in [5, 5.41) is 8.55. The Labute approximate surface area is 101 Å². The summed E-state index contributed by atoms with van der Waals surface area (Å²) in [5.74, 6) is 0. The molecule has 0 amide bonds. The second-order valence-corrected chi connectivity index (χ2v) is 6.26. The van der Waals surface area contributed by atoms with E-state index in [2.05, 4.69) is 0 Å². The Bertz CT molecular complexity index is 482. The van der Waals surface area contributed by atoms with Crippen LogP contribution in [0.25, 0.3) is 0 Å². The summed E-state index contributed by atoms with van der Waals surface area (Å²) >= 11 is 0. The van der Waals surface area contributed by atoms with E-state index >= 15 is 0 Å². The molecule has 0 bridgehead atoms. The van der Waals surface area contributed by atoms with Crippen LogP contribution in [0.3, 0.4) is 0 Å². The lowest BCUT2D eigenvalue weighted by molar-refractivity contribution is 0.353. The van der Waals surface area contributed by atoms with Crippen LogP contribution in [0.15, 0.2) is 35.2 Å². The van der Waals surface area contributed by atoms with E-state index in [1.165, 1.54) is 0 Å². The summed E-state index contributed by atoms with van der Waals surface area (Å²) in [6.07, 6.45) is -0.706. The van der Waals surface area contributed by atoms with Crippen molar-refractivity contribution >= 4 is 18.6 Å². The molecular formula is C9H11N2O4PS. The predicted octanol–water partition coefficient (Wildman–Crippen LogP) is 0.670. The van der Waals surface area contributed by atoms with Crippen molar-refractivity contribution in [1.82, 2.24) is 4.31 Å². The van der Waals surface area contributed by atoms with Crippen LogP contribution in [-0.2, 0) is 15.6 Å². The van der Waals surface area contributed by atoms with E-state index in [0.717, 1.165) is 4.31 Å². The van der Waals surface area contributed by atoms with Gasteiger partial charge in [0, 0.05) is 0 Å². The molecule has 1 rings (SSSR count). The zero-order chi connectivity index (χ0) is 12.9. The van der Waals surface area contributed by atoms with Gasteiger partial charge in [0.1, 0.15) is 17.3 Å². The number of hydrogen-bond donors (Lipinski definition) is 2. The molecular weight excluding hydrogens is 263 g/mol. The highest BCUT2D eigenvalue weighted by Gasteiger charge is 2.24. The Balaban J connectivity index is 2.89. The minimum atomic E-state index is -4.34. The molecule has 0 aliphatic heterocycles. The number of hydrogen-bond acceptors (Lipinski definition) is 3. The minimum Gasteiger partial charge on any atom is -0.324 e. The van der Waals surface area contributed by atoms with Gasteiger partial charge in [-0.1, -0.05) is 18.2 Å². The third-order valence-corrected chi connectivity index (χ3v) is 4.07. The van der Waals surface area contributed by atoms with E-state index in [-0.39, 0.29) is 6.54 Å². The third kappa shape index (κ3) is 4.77. The quantitative estimate of drug-likeness (QED) is 0.607. The first-order valence-electron chi connectivity index (χ1n) is 4.57. The first kappa shape index (κ1) is 14.0. The van der Waals surface area contributed by atoms with Crippen molar-refractivity contribution in [2.24, 2.45) is 0 Å². The number of benzene rings is 1. The number of nitrogens with zero attached hydrogens (tertiary/aromatic N) is 2. The van der Waals surface area contributed by atoms with Gasteiger partial charge in [0.25, 0.3) is 0 Å². The maximum atomic E-state index is 12.0. The van der Waals surface area contributed by atoms with Crippen LogP contribution in [-0.4, -0.2) is 31.1 Å². The summed E-state index contributed by atoms with van der Waals surface area (Å²) in [7, 11) is -6.09. The predicted molar refractivity (Wildman–Crippen MR) is 62.1 cm³/mol. The van der Waals surface area contributed by atoms with E-state index in [1.54, 1.807) is 36.4 Å². The molecule has 0 saturated carbocycles. The van der Waals surface area contributed by atoms with Crippen molar-refractivity contribution in [1.29, 1.82) is 5.26 Å². The molecule has 0 aromatic heterocycles. The van der Waals surface area contributed by atoms with Crippen molar-refractivity contribution < 1.29 is 18.6 Å². The summed E-state index contributed by atoms with van der Waals surface area (Å²) in [4.78, 5) is 18.1. The van der Waals surface area contributed by atoms with E-state index in [1.807, 2.05) is 0 Å². The molecule has 1 unspecified atom stereocenters. The Morgan fingerprint density at radius 2 is 1.94 bits per heavy atom. The van der Waals surface area contributed by atoms with Crippen LogP contribution in [0.2, 0.25) is 0 Å². The number of nitriles is 1. The molecule has 0 aliphatic carbocycles. The molecule has 92 valence electrons. The Morgan fingerprint density at radius 3 is 2.41 bits per heavy atom. The molecule has 0 radical (unpaired) electrons. The van der Waals surface area contributed by atoms with Crippen molar-refractivity contribution in [2.45, 2.75) is 4.90 Å². The van der Waals surface area contributed by atoms with E-state index < -0.39 is 24.9 Å². The average molecular weight is 274 g/mol. The highest BCUT2D eigenvalue weighted by atomic mass is 32.2. The summed E-state index contributed by atoms with van der Waals surface area (Å²) in [5.41, 5.74) is 0. The van der Waals surface area contributed by atoms with Crippen LogP contribution in [0.4, 0.5) is 0 Å². The molecule has 0 aliphatic rings. The van der Waals surface area contributed by atoms with Gasteiger partial charge in [-0.3, -0.25) is 4.57 Å². The van der Waals surface area contributed by atoms with Gasteiger partial charge in [0.15, 0.2) is 0 Å². The van der Waals surface area contributed by atoms with Gasteiger partial charge in [-0.25, -0.2) is 4.21 Å². The van der Waals surface area contributed by atoms with Crippen LogP contribution in [0.1, 0.15) is 0 Å². The normalized spacial score (nSPS) is 13.3. The number of rotatable bonds is 5. The monoisotopic (exact) mass is 274 g/mol. The lowest BCUT2D eigenvalue weighted by atomic mass is 10.4. The highest BCUT2D eigenvalue weighted by Crippen LogP contribution is 2.36. The molecule has 1 aromatic carbocycles. The maximum absolute atomic E-state index is 12.0. The zero-order valence-corrected chi connectivity index (χ0v) is 10.5. The van der Waals surface area contributed by atoms with E-state index in [9.17, 15) is 8.77 Å². The molecule has 2 N–H and O–H groups in total. The van der Waals surface area contributed by atoms with Crippen LogP contribution >= 0.6 is 7.60 Å². The molecule has 0 saturated heterocycles. The molecule has 0 fully saturated rings. The molecule has 1 aromatic rings. The van der Waals surface area contributed by atoms with Crippen molar-refractivity contribution in [3.8, 4) is 6.07 Å². The fraction of sp³-hybridized carbons (Fsp3) is 0.222. The summed E-state index contributed by atoms with van der Waals surface area (Å²) in [6.45, 7) is -0.313. The molecule has 0 heterocycles. The van der Waals surface area contributed by atoms with Gasteiger partial charge in [-0.15, -0.1) is 0 Å². The fourth-order valence-electron chi connectivity index (χ4n) is 1.13. The fourth-order valence-corrected chi connectivity index (χ4v) is 3.38. The second kappa shape index (κ2) is 6.05. The molecule has 17 heavy (non-hydrogen) atoms. The van der Waals surface area contributed by atoms with Crippen molar-refractivity contribution in [2.75, 3.05) is 12.8 Å². The first-order chi connectivity index (χ1) is 7.94. The lowest BCUT2D eigenvalue weighted by Crippen LogP contribution is -2.27. The van der Waals surface area contributed by atoms with Gasteiger partial charge in [-0.05, 0) is 12.1 Å². The standard InChI is InChI=1S/C9H11N2O4PS/c10-6-7-11(8-16(12,13)14)17(15)9-4-2-1-3-5-9/h1-5H,7-8H2,(H2,12,13,14). The van der Waals surface area contributed by atoms with Crippen LogP contribution in [0, 0.1) is 11.3 Å². The Hall–Kier alpha value is -1.03. The minimum absolute atomic E-state index is 0.313.